The van der Waals surface area contributed by atoms with Crippen molar-refractivity contribution < 1.29 is 14.5 Å². The Balaban J connectivity index is 1.89. The topological polar surface area (TPSA) is 62.6 Å². The molecule has 2 aromatic rings. The first-order valence-electron chi connectivity index (χ1n) is 8.19. The van der Waals surface area contributed by atoms with Crippen LogP contribution in [0.15, 0.2) is 36.4 Å². The lowest BCUT2D eigenvalue weighted by Crippen LogP contribution is -3.11. The van der Waals surface area contributed by atoms with Crippen LogP contribution < -0.4 is 15.5 Å². The van der Waals surface area contributed by atoms with Crippen LogP contribution >= 0.6 is 23.2 Å². The summed E-state index contributed by atoms with van der Waals surface area (Å²) >= 11 is 12.1. The van der Waals surface area contributed by atoms with E-state index in [0.29, 0.717) is 15.7 Å². The molecule has 1 unspecified atom stereocenters. The zero-order valence-electron chi connectivity index (χ0n) is 15.0. The summed E-state index contributed by atoms with van der Waals surface area (Å²) in [6.45, 7) is 4.23. The van der Waals surface area contributed by atoms with Crippen LogP contribution in [0.5, 0.6) is 0 Å². The van der Waals surface area contributed by atoms with Crippen LogP contribution in [-0.4, -0.2) is 32.0 Å². The number of quaternary nitrogens is 1. The molecule has 0 aromatic heterocycles. The Morgan fingerprint density at radius 1 is 0.923 bits per heavy atom. The van der Waals surface area contributed by atoms with Gasteiger partial charge in [0.25, 0.3) is 11.8 Å². The fourth-order valence-corrected chi connectivity index (χ4v) is 2.98. The van der Waals surface area contributed by atoms with Crippen molar-refractivity contribution in [3.05, 3.63) is 57.6 Å². The van der Waals surface area contributed by atoms with Crippen LogP contribution in [0.4, 0.5) is 11.4 Å². The van der Waals surface area contributed by atoms with Gasteiger partial charge in [0.1, 0.15) is 0 Å². The fourth-order valence-electron chi connectivity index (χ4n) is 2.49. The van der Waals surface area contributed by atoms with E-state index >= 15 is 0 Å². The van der Waals surface area contributed by atoms with E-state index in [-0.39, 0.29) is 24.9 Å². The summed E-state index contributed by atoms with van der Waals surface area (Å²) < 4.78 is 0. The molecule has 0 bridgehead atoms. The van der Waals surface area contributed by atoms with E-state index in [1.54, 1.807) is 25.2 Å². The highest BCUT2D eigenvalue weighted by Crippen LogP contribution is 2.29. The second-order valence-electron chi connectivity index (χ2n) is 6.25. The Morgan fingerprint density at radius 3 is 2.08 bits per heavy atom. The zero-order valence-corrected chi connectivity index (χ0v) is 16.5. The number of likely N-dealkylation sites (N-methyl/N-ethyl adjacent to an activating group) is 1. The second kappa shape index (κ2) is 9.03. The van der Waals surface area contributed by atoms with E-state index in [2.05, 4.69) is 10.6 Å². The highest BCUT2D eigenvalue weighted by atomic mass is 35.5. The maximum atomic E-state index is 12.2. The lowest BCUT2D eigenvalue weighted by Gasteiger charge is -2.15. The molecule has 7 heteroatoms. The predicted octanol–water partition coefficient (Wildman–Crippen LogP) is 2.70. The Bertz CT molecular complexity index is 804. The van der Waals surface area contributed by atoms with E-state index in [1.807, 2.05) is 32.0 Å². The molecule has 0 radical (unpaired) electrons. The number of amides is 2. The van der Waals surface area contributed by atoms with E-state index in [0.717, 1.165) is 21.7 Å². The average molecular weight is 395 g/mol. The van der Waals surface area contributed by atoms with Gasteiger partial charge in [-0.25, -0.2) is 0 Å². The molecule has 26 heavy (non-hydrogen) atoms. The molecule has 138 valence electrons. The van der Waals surface area contributed by atoms with E-state index in [4.69, 9.17) is 23.2 Å². The molecule has 0 saturated heterocycles. The van der Waals surface area contributed by atoms with Crippen LogP contribution in [0.2, 0.25) is 10.0 Å². The van der Waals surface area contributed by atoms with Gasteiger partial charge in [-0.05, 0) is 43.2 Å². The molecule has 3 N–H and O–H groups in total. The van der Waals surface area contributed by atoms with Crippen molar-refractivity contribution in [3.63, 3.8) is 0 Å². The van der Waals surface area contributed by atoms with Crippen molar-refractivity contribution in [2.45, 2.75) is 13.8 Å². The maximum absolute atomic E-state index is 12.2. The summed E-state index contributed by atoms with van der Waals surface area (Å²) in [4.78, 5) is 25.2. The molecule has 0 fully saturated rings. The number of nitrogens with one attached hydrogen (secondary N) is 3. The molecule has 0 saturated carbocycles. The molecule has 0 aliphatic heterocycles. The molecule has 0 spiro atoms. The molecular formula is C19H22Cl2N3O2+. The van der Waals surface area contributed by atoms with Gasteiger partial charge in [0, 0.05) is 5.69 Å². The number of rotatable bonds is 6. The number of carbonyl (C=O) groups is 2. The molecule has 1 atom stereocenters. The van der Waals surface area contributed by atoms with Gasteiger partial charge in [0.05, 0.1) is 22.8 Å². The average Bonchev–Trinajstić information content (AvgIpc) is 2.55. The molecule has 2 amide bonds. The Hall–Kier alpha value is -2.08. The number of aryl methyl sites for hydroxylation is 1. The van der Waals surface area contributed by atoms with Crippen molar-refractivity contribution >= 4 is 46.4 Å². The fraction of sp³-hybridized carbons (Fsp3) is 0.263. The summed E-state index contributed by atoms with van der Waals surface area (Å²) in [5.41, 5.74) is 3.31. The third kappa shape index (κ3) is 5.46. The van der Waals surface area contributed by atoms with Gasteiger partial charge < -0.3 is 15.5 Å². The van der Waals surface area contributed by atoms with Gasteiger partial charge in [0.15, 0.2) is 13.1 Å². The third-order valence-electron chi connectivity index (χ3n) is 4.03. The second-order valence-corrected chi connectivity index (χ2v) is 7.07. The number of carbonyl (C=O) groups excluding carboxylic acids is 2. The monoisotopic (exact) mass is 394 g/mol. The number of benzene rings is 2. The van der Waals surface area contributed by atoms with Crippen LogP contribution in [-0.2, 0) is 9.59 Å². The molecule has 5 nitrogen and oxygen atoms in total. The maximum Gasteiger partial charge on any atom is 0.279 e. The van der Waals surface area contributed by atoms with Gasteiger partial charge >= 0.3 is 0 Å². The van der Waals surface area contributed by atoms with Crippen molar-refractivity contribution in [1.29, 1.82) is 0 Å². The van der Waals surface area contributed by atoms with E-state index in [9.17, 15) is 9.59 Å². The lowest BCUT2D eigenvalue weighted by molar-refractivity contribution is -0.862. The first-order valence-corrected chi connectivity index (χ1v) is 8.94. The quantitative estimate of drug-likeness (QED) is 0.705. The number of para-hydroxylation sites is 1. The van der Waals surface area contributed by atoms with Gasteiger partial charge in [-0.15, -0.1) is 0 Å². The van der Waals surface area contributed by atoms with Crippen molar-refractivity contribution in [1.82, 2.24) is 0 Å². The first-order chi connectivity index (χ1) is 12.3. The van der Waals surface area contributed by atoms with E-state index in [1.165, 1.54) is 0 Å². The molecular weight excluding hydrogens is 373 g/mol. The summed E-state index contributed by atoms with van der Waals surface area (Å²) in [6, 6.07) is 10.8. The van der Waals surface area contributed by atoms with Crippen LogP contribution in [0.1, 0.15) is 11.1 Å². The minimum atomic E-state index is -0.267. The Kier molecular flexibility index (Phi) is 7.03. The Labute approximate surface area is 163 Å². The minimum Gasteiger partial charge on any atom is -0.322 e. The van der Waals surface area contributed by atoms with Crippen LogP contribution in [0.25, 0.3) is 0 Å². The SMILES string of the molecule is Cc1cccc(NC(=O)C[NH+](C)CC(=O)Nc2c(Cl)cccc2Cl)c1C. The van der Waals surface area contributed by atoms with Gasteiger partial charge in [0.2, 0.25) is 0 Å². The molecule has 2 rings (SSSR count). The molecule has 0 aliphatic rings. The minimum absolute atomic E-state index is 0.113. The Morgan fingerprint density at radius 2 is 1.46 bits per heavy atom. The van der Waals surface area contributed by atoms with Crippen molar-refractivity contribution in [2.75, 3.05) is 30.8 Å². The third-order valence-corrected chi connectivity index (χ3v) is 4.66. The number of halogens is 2. The highest BCUT2D eigenvalue weighted by Gasteiger charge is 2.17. The molecule has 0 heterocycles. The molecule has 0 aliphatic carbocycles. The van der Waals surface area contributed by atoms with Gasteiger partial charge in [-0.3, -0.25) is 9.59 Å². The predicted molar refractivity (Wildman–Crippen MR) is 106 cm³/mol. The van der Waals surface area contributed by atoms with Gasteiger partial charge in [-0.1, -0.05) is 41.4 Å². The standard InChI is InChI=1S/C19H21Cl2N3O2/c1-12-6-4-9-16(13(12)2)22-17(25)10-24(3)11-18(26)23-19-14(20)7-5-8-15(19)21/h4-9H,10-11H2,1-3H3,(H,22,25)(H,23,26)/p+1. The van der Waals surface area contributed by atoms with Crippen LogP contribution in [0, 0.1) is 13.8 Å². The number of hydrogen-bond acceptors (Lipinski definition) is 2. The van der Waals surface area contributed by atoms with E-state index < -0.39 is 0 Å². The van der Waals surface area contributed by atoms with Crippen molar-refractivity contribution in [3.8, 4) is 0 Å². The normalized spacial score (nSPS) is 11.7. The summed E-state index contributed by atoms with van der Waals surface area (Å²) in [7, 11) is 1.77. The van der Waals surface area contributed by atoms with Gasteiger partial charge in [-0.2, -0.15) is 0 Å². The number of hydrogen-bond donors (Lipinski definition) is 3. The van der Waals surface area contributed by atoms with Crippen LogP contribution in [0.3, 0.4) is 0 Å². The lowest BCUT2D eigenvalue weighted by atomic mass is 10.1. The summed E-state index contributed by atoms with van der Waals surface area (Å²) in [6.07, 6.45) is 0. The molecule has 2 aromatic carbocycles. The smallest absolute Gasteiger partial charge is 0.279 e. The zero-order chi connectivity index (χ0) is 19.3. The highest BCUT2D eigenvalue weighted by molar-refractivity contribution is 6.39. The van der Waals surface area contributed by atoms with Crippen molar-refractivity contribution in [2.24, 2.45) is 0 Å². The first kappa shape index (κ1) is 20.2. The largest absolute Gasteiger partial charge is 0.322 e. The summed E-state index contributed by atoms with van der Waals surface area (Å²) in [5.74, 6) is -0.420. The number of anilines is 2. The summed E-state index contributed by atoms with van der Waals surface area (Å²) in [5, 5.41) is 6.33.